The summed E-state index contributed by atoms with van der Waals surface area (Å²) >= 11 is 12.0. The molecule has 2 aromatic rings. The molecule has 7 heteroatoms. The van der Waals surface area contributed by atoms with Crippen LogP contribution in [0.4, 0.5) is 0 Å². The van der Waals surface area contributed by atoms with Gasteiger partial charge in [-0.1, -0.05) is 47.5 Å². The fourth-order valence-corrected chi connectivity index (χ4v) is 2.45. The van der Waals surface area contributed by atoms with Crippen molar-refractivity contribution in [3.05, 3.63) is 86.7 Å². The average molecular weight is 384 g/mol. The predicted molar refractivity (Wildman–Crippen MR) is 99.2 cm³/mol. The molecule has 5 nitrogen and oxygen atoms in total. The number of hydrogen-bond donors (Lipinski definition) is 2. The van der Waals surface area contributed by atoms with E-state index in [0.717, 1.165) is 0 Å². The van der Waals surface area contributed by atoms with Crippen molar-refractivity contribution in [2.24, 2.45) is 0 Å². The summed E-state index contributed by atoms with van der Waals surface area (Å²) in [5, 5.41) is 31.4. The lowest BCUT2D eigenvalue weighted by molar-refractivity contribution is 0.0964. The molecule has 0 unspecified atom stereocenters. The maximum Gasteiger partial charge on any atom is 0.255 e. The lowest BCUT2D eigenvalue weighted by Gasteiger charge is -2.11. The van der Waals surface area contributed by atoms with Crippen molar-refractivity contribution < 1.29 is 9.90 Å². The van der Waals surface area contributed by atoms with Crippen molar-refractivity contribution in [3.8, 4) is 12.1 Å². The number of aliphatic hydroxyl groups is 1. The molecular formula is C19H11Cl2N3O2. The average Bonchev–Trinajstić information content (AvgIpc) is 2.64. The van der Waals surface area contributed by atoms with Gasteiger partial charge in [0.05, 0.1) is 5.70 Å². The van der Waals surface area contributed by atoms with Crippen molar-refractivity contribution in [1.82, 2.24) is 5.32 Å². The van der Waals surface area contributed by atoms with Gasteiger partial charge in [-0.05, 0) is 35.9 Å². The summed E-state index contributed by atoms with van der Waals surface area (Å²) in [6.45, 7) is 0. The highest BCUT2D eigenvalue weighted by molar-refractivity contribution is 6.35. The van der Waals surface area contributed by atoms with Crippen molar-refractivity contribution in [1.29, 1.82) is 10.5 Å². The smallest absolute Gasteiger partial charge is 0.255 e. The van der Waals surface area contributed by atoms with E-state index in [2.05, 4.69) is 5.32 Å². The van der Waals surface area contributed by atoms with Gasteiger partial charge in [-0.15, -0.1) is 0 Å². The molecule has 0 aliphatic rings. The number of hydrogen-bond acceptors (Lipinski definition) is 4. The molecule has 0 aromatic heterocycles. The first-order chi connectivity index (χ1) is 12.5. The van der Waals surface area contributed by atoms with Gasteiger partial charge in [-0.25, -0.2) is 0 Å². The summed E-state index contributed by atoms with van der Waals surface area (Å²) in [7, 11) is 0. The Morgan fingerprint density at radius 2 is 1.73 bits per heavy atom. The number of allylic oxidation sites excluding steroid dienone is 1. The van der Waals surface area contributed by atoms with Crippen molar-refractivity contribution in [3.63, 3.8) is 0 Å². The molecule has 0 spiro atoms. The Hall–Kier alpha value is -3.25. The van der Waals surface area contributed by atoms with E-state index in [4.69, 9.17) is 33.7 Å². The number of amides is 1. The van der Waals surface area contributed by atoms with Crippen LogP contribution in [-0.4, -0.2) is 11.0 Å². The molecule has 2 aromatic carbocycles. The second-order valence-electron chi connectivity index (χ2n) is 4.99. The second kappa shape index (κ2) is 8.73. The number of nitriles is 2. The molecule has 2 rings (SSSR count). The largest absolute Gasteiger partial charge is 0.504 e. The summed E-state index contributed by atoms with van der Waals surface area (Å²) in [5.41, 5.74) is 0.0842. The molecule has 128 valence electrons. The quantitative estimate of drug-likeness (QED) is 0.457. The zero-order valence-electron chi connectivity index (χ0n) is 13.2. The van der Waals surface area contributed by atoms with E-state index in [1.807, 2.05) is 0 Å². The van der Waals surface area contributed by atoms with E-state index in [1.54, 1.807) is 54.6 Å². The van der Waals surface area contributed by atoms with Gasteiger partial charge >= 0.3 is 0 Å². The normalized spacial score (nSPS) is 10.4. The third-order valence-electron chi connectivity index (χ3n) is 3.26. The first kappa shape index (κ1) is 19.1. The third kappa shape index (κ3) is 4.64. The van der Waals surface area contributed by atoms with Crippen LogP contribution in [0.2, 0.25) is 10.0 Å². The van der Waals surface area contributed by atoms with Gasteiger partial charge in [0.2, 0.25) is 0 Å². The SMILES string of the molecule is N#CC(C#N)=C(O)/C(=C/c1ccc(Cl)cc1Cl)NC(=O)c1ccccc1. The molecule has 26 heavy (non-hydrogen) atoms. The minimum absolute atomic E-state index is 0.138. The third-order valence-corrected chi connectivity index (χ3v) is 3.82. The number of carbonyl (C=O) groups is 1. The molecule has 0 radical (unpaired) electrons. The van der Waals surface area contributed by atoms with Crippen LogP contribution in [-0.2, 0) is 0 Å². The molecule has 0 aliphatic heterocycles. The molecule has 0 saturated carbocycles. The number of carbonyl (C=O) groups excluding carboxylic acids is 1. The molecule has 0 atom stereocenters. The standard InChI is InChI=1S/C19H11Cl2N3O2/c20-15-7-6-13(16(21)9-15)8-17(18(25)14(10-22)11-23)24-19(26)12-4-2-1-3-5-12/h1-9,25H,(H,24,26)/b17-8-. The first-order valence-corrected chi connectivity index (χ1v) is 7.98. The van der Waals surface area contributed by atoms with Gasteiger partial charge in [0, 0.05) is 15.6 Å². The number of aliphatic hydroxyl groups excluding tert-OH is 1. The highest BCUT2D eigenvalue weighted by atomic mass is 35.5. The molecule has 0 bridgehead atoms. The van der Waals surface area contributed by atoms with Crippen LogP contribution in [0.15, 0.2) is 65.6 Å². The summed E-state index contributed by atoms with van der Waals surface area (Å²) in [4.78, 5) is 12.4. The number of rotatable bonds is 4. The van der Waals surface area contributed by atoms with Gasteiger partial charge in [0.15, 0.2) is 11.3 Å². The monoisotopic (exact) mass is 383 g/mol. The molecule has 0 aliphatic carbocycles. The lowest BCUT2D eigenvalue weighted by atomic mass is 10.1. The topological polar surface area (TPSA) is 96.9 Å². The minimum Gasteiger partial charge on any atom is -0.504 e. The Labute approximate surface area is 160 Å². The Morgan fingerprint density at radius 1 is 1.08 bits per heavy atom. The molecule has 0 heterocycles. The van der Waals surface area contributed by atoms with Crippen molar-refractivity contribution in [2.75, 3.05) is 0 Å². The molecule has 2 N–H and O–H groups in total. The summed E-state index contributed by atoms with van der Waals surface area (Å²) in [6, 6.07) is 16.1. The van der Waals surface area contributed by atoms with Crippen LogP contribution in [0.1, 0.15) is 15.9 Å². The van der Waals surface area contributed by atoms with E-state index in [-0.39, 0.29) is 10.7 Å². The van der Waals surface area contributed by atoms with Crippen molar-refractivity contribution >= 4 is 35.2 Å². The summed E-state index contributed by atoms with van der Waals surface area (Å²) in [5.74, 6) is -1.19. The van der Waals surface area contributed by atoms with Gasteiger partial charge < -0.3 is 10.4 Å². The van der Waals surface area contributed by atoms with Gasteiger partial charge in [0.1, 0.15) is 12.1 Å². The van der Waals surface area contributed by atoms with Gasteiger partial charge in [0.25, 0.3) is 5.91 Å². The maximum atomic E-state index is 12.4. The highest BCUT2D eigenvalue weighted by Gasteiger charge is 2.15. The van der Waals surface area contributed by atoms with E-state index < -0.39 is 17.2 Å². The summed E-state index contributed by atoms with van der Waals surface area (Å²) < 4.78 is 0. The van der Waals surface area contributed by atoms with E-state index in [0.29, 0.717) is 16.1 Å². The second-order valence-corrected chi connectivity index (χ2v) is 5.83. The van der Waals surface area contributed by atoms with Crippen molar-refractivity contribution in [2.45, 2.75) is 0 Å². The number of benzene rings is 2. The number of nitrogens with one attached hydrogen (secondary N) is 1. The van der Waals surface area contributed by atoms with E-state index in [9.17, 15) is 9.90 Å². The highest BCUT2D eigenvalue weighted by Crippen LogP contribution is 2.24. The molecule has 1 amide bonds. The fourth-order valence-electron chi connectivity index (χ4n) is 1.99. The zero-order chi connectivity index (χ0) is 19.1. The number of halogens is 2. The first-order valence-electron chi connectivity index (χ1n) is 7.23. The van der Waals surface area contributed by atoms with Crippen LogP contribution >= 0.6 is 23.2 Å². The minimum atomic E-state index is -0.662. The zero-order valence-corrected chi connectivity index (χ0v) is 14.7. The molecule has 0 saturated heterocycles. The predicted octanol–water partition coefficient (Wildman–Crippen LogP) is 4.62. The van der Waals surface area contributed by atoms with Crippen LogP contribution < -0.4 is 5.32 Å². The van der Waals surface area contributed by atoms with Crippen LogP contribution in [0.5, 0.6) is 0 Å². The maximum absolute atomic E-state index is 12.4. The fraction of sp³-hybridized carbons (Fsp3) is 0. The Bertz CT molecular complexity index is 968. The van der Waals surface area contributed by atoms with Crippen LogP contribution in [0.3, 0.4) is 0 Å². The Balaban J connectivity index is 2.51. The number of nitrogens with zero attached hydrogens (tertiary/aromatic N) is 2. The van der Waals surface area contributed by atoms with Gasteiger partial charge in [-0.2, -0.15) is 10.5 Å². The Kier molecular flexibility index (Phi) is 6.41. The molecule has 0 fully saturated rings. The van der Waals surface area contributed by atoms with Gasteiger partial charge in [-0.3, -0.25) is 4.79 Å². The van der Waals surface area contributed by atoms with E-state index >= 15 is 0 Å². The summed E-state index contributed by atoms with van der Waals surface area (Å²) in [6.07, 6.45) is 1.35. The van der Waals surface area contributed by atoms with E-state index in [1.165, 1.54) is 12.1 Å². The van der Waals surface area contributed by atoms with Crippen LogP contribution in [0.25, 0.3) is 6.08 Å². The molecular weight excluding hydrogens is 373 g/mol. The van der Waals surface area contributed by atoms with Crippen LogP contribution in [0, 0.1) is 22.7 Å². The lowest BCUT2D eigenvalue weighted by Crippen LogP contribution is -2.24. The Morgan fingerprint density at radius 3 is 2.31 bits per heavy atom.